The van der Waals surface area contributed by atoms with Gasteiger partial charge in [-0.05, 0) is 67.6 Å². The number of nitrogen functional groups attached to an aromatic ring is 1. The minimum atomic E-state index is -2.81. The number of amidine groups is 1. The number of nitrogens with one attached hydrogen (secondary N) is 2. The number of aromatic nitrogens is 3. The zero-order valence-corrected chi connectivity index (χ0v) is 18.9. The zero-order valence-electron chi connectivity index (χ0n) is 18.9. The number of hydrogen-bond acceptors (Lipinski definition) is 7. The summed E-state index contributed by atoms with van der Waals surface area (Å²) >= 11 is 0. The van der Waals surface area contributed by atoms with Crippen molar-refractivity contribution in [2.24, 2.45) is 5.92 Å². The lowest BCUT2D eigenvalue weighted by Crippen LogP contribution is -2.34. The van der Waals surface area contributed by atoms with Gasteiger partial charge in [0.1, 0.15) is 24.0 Å². The molecule has 4 N–H and O–H groups in total. The van der Waals surface area contributed by atoms with Gasteiger partial charge in [0.05, 0.1) is 17.6 Å². The molecule has 2 heterocycles. The molecule has 0 aliphatic heterocycles. The Bertz CT molecular complexity index is 1250. The monoisotopic (exact) mass is 483 g/mol. The number of benzene rings is 1. The van der Waals surface area contributed by atoms with E-state index in [1.807, 2.05) is 0 Å². The van der Waals surface area contributed by atoms with Gasteiger partial charge in [-0.1, -0.05) is 0 Å². The van der Waals surface area contributed by atoms with Crippen molar-refractivity contribution in [1.82, 2.24) is 19.9 Å². The molecule has 8 nitrogen and oxygen atoms in total. The standard InChI is InChI=1S/C24H24F3N7O/c1-13-8-16(9-18(31-13)22(26)27)20-21(15-4-6-17(25)7-5-15)32-24(30)33-23(20)35-11-19(29)34(12-28)10-14-2-3-14/h4-9,12,14,22,28-29H,2-3,10-11H2,1H3,(H2,30,32,33). The molecule has 4 rings (SSSR count). The van der Waals surface area contributed by atoms with Gasteiger partial charge in [-0.2, -0.15) is 4.98 Å². The molecular formula is C24H24F3N7O. The van der Waals surface area contributed by atoms with Gasteiger partial charge in [-0.15, -0.1) is 0 Å². The van der Waals surface area contributed by atoms with E-state index in [1.165, 1.54) is 35.2 Å². The lowest BCUT2D eigenvalue weighted by atomic mass is 9.99. The Morgan fingerprint density at radius 3 is 2.51 bits per heavy atom. The third-order valence-corrected chi connectivity index (χ3v) is 5.50. The molecular weight excluding hydrogens is 459 g/mol. The number of halogens is 3. The second-order valence-corrected chi connectivity index (χ2v) is 8.30. The molecule has 1 aliphatic carbocycles. The maximum Gasteiger partial charge on any atom is 0.280 e. The van der Waals surface area contributed by atoms with Crippen molar-refractivity contribution >= 4 is 18.1 Å². The lowest BCUT2D eigenvalue weighted by molar-refractivity contribution is 0.146. The van der Waals surface area contributed by atoms with Crippen LogP contribution in [0.5, 0.6) is 5.88 Å². The van der Waals surface area contributed by atoms with Crippen LogP contribution in [-0.4, -0.2) is 45.2 Å². The fourth-order valence-corrected chi connectivity index (χ4v) is 3.63. The lowest BCUT2D eigenvalue weighted by Gasteiger charge is -2.21. The van der Waals surface area contributed by atoms with Crippen LogP contribution >= 0.6 is 0 Å². The minimum Gasteiger partial charge on any atom is -0.469 e. The summed E-state index contributed by atoms with van der Waals surface area (Å²) < 4.78 is 46.5. The van der Waals surface area contributed by atoms with E-state index in [1.54, 1.807) is 13.0 Å². The van der Waals surface area contributed by atoms with Gasteiger partial charge in [0, 0.05) is 17.8 Å². The summed E-state index contributed by atoms with van der Waals surface area (Å²) in [6.07, 6.45) is 0.378. The third kappa shape index (κ3) is 5.73. The summed E-state index contributed by atoms with van der Waals surface area (Å²) in [7, 11) is 0. The van der Waals surface area contributed by atoms with Crippen molar-refractivity contribution in [3.63, 3.8) is 0 Å². The third-order valence-electron chi connectivity index (χ3n) is 5.50. The Labute approximate surface area is 200 Å². The van der Waals surface area contributed by atoms with Gasteiger partial charge >= 0.3 is 0 Å². The molecule has 1 fully saturated rings. The van der Waals surface area contributed by atoms with Crippen LogP contribution < -0.4 is 10.5 Å². The molecule has 0 unspecified atom stereocenters. The second kappa shape index (κ2) is 10.1. The van der Waals surface area contributed by atoms with Crippen LogP contribution in [0.2, 0.25) is 0 Å². The van der Waals surface area contributed by atoms with Crippen LogP contribution in [0.15, 0.2) is 36.4 Å². The molecule has 1 aromatic carbocycles. The maximum absolute atomic E-state index is 13.6. The molecule has 0 amide bonds. The number of anilines is 1. The SMILES string of the molecule is Cc1cc(-c2c(OCC(=N)N(C=N)CC3CC3)nc(N)nc2-c2ccc(F)cc2)cc(C(F)F)n1. The number of aryl methyl sites for hydroxylation is 1. The molecule has 0 atom stereocenters. The largest absolute Gasteiger partial charge is 0.469 e. The first kappa shape index (κ1) is 24.1. The average Bonchev–Trinajstić information content (AvgIpc) is 3.65. The molecule has 0 spiro atoms. The number of nitrogens with two attached hydrogens (primary N) is 1. The van der Waals surface area contributed by atoms with Crippen LogP contribution in [0.3, 0.4) is 0 Å². The van der Waals surface area contributed by atoms with Gasteiger partial charge in [0.2, 0.25) is 11.8 Å². The van der Waals surface area contributed by atoms with Crippen molar-refractivity contribution in [3.05, 3.63) is 53.6 Å². The first-order valence-corrected chi connectivity index (χ1v) is 10.9. The Kier molecular flexibility index (Phi) is 6.94. The van der Waals surface area contributed by atoms with Crippen molar-refractivity contribution in [1.29, 1.82) is 10.8 Å². The number of alkyl halides is 2. The summed E-state index contributed by atoms with van der Waals surface area (Å²) in [5.74, 6) is -0.137. The molecule has 0 bridgehead atoms. The van der Waals surface area contributed by atoms with E-state index in [4.69, 9.17) is 21.3 Å². The highest BCUT2D eigenvalue weighted by molar-refractivity contribution is 5.90. The summed E-state index contributed by atoms with van der Waals surface area (Å²) in [5.41, 5.74) is 7.16. The quantitative estimate of drug-likeness (QED) is 0.295. The molecule has 1 aliphatic rings. The molecule has 0 saturated heterocycles. The Balaban J connectivity index is 1.79. The summed E-state index contributed by atoms with van der Waals surface area (Å²) in [4.78, 5) is 13.8. The first-order valence-electron chi connectivity index (χ1n) is 10.9. The van der Waals surface area contributed by atoms with E-state index in [9.17, 15) is 13.2 Å². The van der Waals surface area contributed by atoms with E-state index in [-0.39, 0.29) is 35.5 Å². The van der Waals surface area contributed by atoms with Crippen LogP contribution in [0.4, 0.5) is 19.1 Å². The zero-order chi connectivity index (χ0) is 25.1. The van der Waals surface area contributed by atoms with E-state index < -0.39 is 17.9 Å². The van der Waals surface area contributed by atoms with E-state index in [0.29, 0.717) is 29.3 Å². The Morgan fingerprint density at radius 1 is 1.17 bits per heavy atom. The predicted molar refractivity (Wildman–Crippen MR) is 126 cm³/mol. The van der Waals surface area contributed by atoms with Crippen LogP contribution in [0.1, 0.15) is 30.7 Å². The van der Waals surface area contributed by atoms with Crippen LogP contribution in [0.25, 0.3) is 22.4 Å². The highest BCUT2D eigenvalue weighted by atomic mass is 19.3. The van der Waals surface area contributed by atoms with Crippen molar-refractivity contribution in [2.45, 2.75) is 26.2 Å². The Morgan fingerprint density at radius 2 is 1.89 bits per heavy atom. The Hall–Kier alpha value is -4.02. The molecule has 182 valence electrons. The van der Waals surface area contributed by atoms with E-state index >= 15 is 0 Å². The highest BCUT2D eigenvalue weighted by Gasteiger charge is 2.26. The van der Waals surface area contributed by atoms with E-state index in [2.05, 4.69) is 15.0 Å². The average molecular weight is 483 g/mol. The van der Waals surface area contributed by atoms with Crippen LogP contribution in [0, 0.1) is 29.5 Å². The van der Waals surface area contributed by atoms with Gasteiger partial charge < -0.3 is 15.4 Å². The van der Waals surface area contributed by atoms with Crippen molar-refractivity contribution in [3.8, 4) is 28.3 Å². The van der Waals surface area contributed by atoms with E-state index in [0.717, 1.165) is 19.2 Å². The molecule has 0 radical (unpaired) electrons. The summed E-state index contributed by atoms with van der Waals surface area (Å²) in [5, 5.41) is 15.9. The topological polar surface area (TPSA) is 125 Å². The molecule has 1 saturated carbocycles. The smallest absolute Gasteiger partial charge is 0.280 e. The van der Waals surface area contributed by atoms with Crippen molar-refractivity contribution < 1.29 is 17.9 Å². The van der Waals surface area contributed by atoms with Gasteiger partial charge in [-0.3, -0.25) is 15.8 Å². The number of pyridine rings is 1. The predicted octanol–water partition coefficient (Wildman–Crippen LogP) is 4.85. The first-order chi connectivity index (χ1) is 16.7. The molecule has 11 heteroatoms. The number of nitrogens with zero attached hydrogens (tertiary/aromatic N) is 4. The molecule has 3 aromatic rings. The van der Waals surface area contributed by atoms with Gasteiger partial charge in [0.15, 0.2) is 0 Å². The fourth-order valence-electron chi connectivity index (χ4n) is 3.63. The van der Waals surface area contributed by atoms with Crippen molar-refractivity contribution in [2.75, 3.05) is 18.9 Å². The fraction of sp³-hybridized carbons (Fsp3) is 0.292. The maximum atomic E-state index is 13.6. The number of rotatable bonds is 9. The normalized spacial score (nSPS) is 13.1. The van der Waals surface area contributed by atoms with Gasteiger partial charge in [-0.25, -0.2) is 18.2 Å². The van der Waals surface area contributed by atoms with Gasteiger partial charge in [0.25, 0.3) is 6.43 Å². The highest BCUT2D eigenvalue weighted by Crippen LogP contribution is 2.39. The summed E-state index contributed by atoms with van der Waals surface area (Å²) in [6.45, 7) is 1.90. The van der Waals surface area contributed by atoms with Crippen LogP contribution in [-0.2, 0) is 0 Å². The summed E-state index contributed by atoms with van der Waals surface area (Å²) in [6, 6.07) is 8.27. The molecule has 2 aromatic heterocycles. The second-order valence-electron chi connectivity index (χ2n) is 8.30. The molecule has 35 heavy (non-hydrogen) atoms. The number of ether oxygens (including phenoxy) is 1. The number of hydrogen-bond donors (Lipinski definition) is 3. The minimum absolute atomic E-state index is 0.0243.